The monoisotopic (exact) mass is 477 g/mol. The van der Waals surface area contributed by atoms with Crippen molar-refractivity contribution in [2.45, 2.75) is 32.0 Å². The molecule has 0 aliphatic carbocycles. The van der Waals surface area contributed by atoms with Crippen molar-refractivity contribution in [2.75, 3.05) is 13.1 Å². The third-order valence-electron chi connectivity index (χ3n) is 6.51. The Bertz CT molecular complexity index is 1280. The highest BCUT2D eigenvalue weighted by molar-refractivity contribution is 5.93. The number of hydrogen-bond acceptors (Lipinski definition) is 4. The molecule has 0 radical (unpaired) electrons. The van der Waals surface area contributed by atoms with Crippen molar-refractivity contribution in [3.63, 3.8) is 0 Å². The SMILES string of the molecule is O=C(/C=C/c1cn(Cc2ccccc2)nc1-c1cccnc1)NC1CCN(Cc2ccccc2)CC1. The zero-order chi connectivity index (χ0) is 24.6. The summed E-state index contributed by atoms with van der Waals surface area (Å²) in [5.74, 6) is -0.0653. The van der Waals surface area contributed by atoms with Crippen LogP contribution in [0.5, 0.6) is 0 Å². The van der Waals surface area contributed by atoms with Crippen LogP contribution in [-0.4, -0.2) is 44.7 Å². The molecule has 1 saturated heterocycles. The van der Waals surface area contributed by atoms with Gasteiger partial charge in [0.2, 0.25) is 5.91 Å². The second kappa shape index (κ2) is 11.6. The maximum atomic E-state index is 12.8. The minimum absolute atomic E-state index is 0.0653. The molecule has 6 heteroatoms. The van der Waals surface area contributed by atoms with E-state index in [1.165, 1.54) is 11.1 Å². The topological polar surface area (TPSA) is 63.1 Å². The van der Waals surface area contributed by atoms with Crippen molar-refractivity contribution in [1.82, 2.24) is 25.0 Å². The maximum absolute atomic E-state index is 12.8. The summed E-state index contributed by atoms with van der Waals surface area (Å²) < 4.78 is 1.91. The van der Waals surface area contributed by atoms with Gasteiger partial charge in [0.25, 0.3) is 0 Å². The van der Waals surface area contributed by atoms with Crippen molar-refractivity contribution in [3.05, 3.63) is 114 Å². The number of aromatic nitrogens is 3. The lowest BCUT2D eigenvalue weighted by atomic mass is 10.0. The van der Waals surface area contributed by atoms with Crippen LogP contribution in [0.25, 0.3) is 17.3 Å². The van der Waals surface area contributed by atoms with Crippen molar-refractivity contribution in [3.8, 4) is 11.3 Å². The number of nitrogens with one attached hydrogen (secondary N) is 1. The van der Waals surface area contributed by atoms with Gasteiger partial charge < -0.3 is 5.32 Å². The van der Waals surface area contributed by atoms with Gasteiger partial charge in [-0.2, -0.15) is 5.10 Å². The summed E-state index contributed by atoms with van der Waals surface area (Å²) in [5, 5.41) is 7.99. The Kier molecular flexibility index (Phi) is 7.64. The number of carbonyl (C=O) groups is 1. The molecule has 4 aromatic rings. The van der Waals surface area contributed by atoms with Crippen molar-refractivity contribution < 1.29 is 4.79 Å². The fraction of sp³-hybridized carbons (Fsp3) is 0.233. The smallest absolute Gasteiger partial charge is 0.244 e. The predicted molar refractivity (Wildman–Crippen MR) is 143 cm³/mol. The van der Waals surface area contributed by atoms with Crippen LogP contribution in [0.4, 0.5) is 0 Å². The molecule has 36 heavy (non-hydrogen) atoms. The van der Waals surface area contributed by atoms with Crippen LogP contribution in [0.2, 0.25) is 0 Å². The summed E-state index contributed by atoms with van der Waals surface area (Å²) in [6.07, 6.45) is 10.9. The number of benzene rings is 2. The first kappa shape index (κ1) is 23.7. The molecule has 6 nitrogen and oxygen atoms in total. The molecule has 2 aromatic carbocycles. The molecule has 1 aliphatic rings. The first-order chi connectivity index (χ1) is 17.7. The Hall–Kier alpha value is -4.03. The summed E-state index contributed by atoms with van der Waals surface area (Å²) >= 11 is 0. The number of rotatable bonds is 8. The number of pyridine rings is 1. The average Bonchev–Trinajstić information content (AvgIpc) is 3.33. The van der Waals surface area contributed by atoms with Gasteiger partial charge in [0.05, 0.1) is 6.54 Å². The third-order valence-corrected chi connectivity index (χ3v) is 6.51. The zero-order valence-corrected chi connectivity index (χ0v) is 20.3. The van der Waals surface area contributed by atoms with Gasteiger partial charge in [-0.3, -0.25) is 19.4 Å². The first-order valence-electron chi connectivity index (χ1n) is 12.5. The van der Waals surface area contributed by atoms with Crippen molar-refractivity contribution in [1.29, 1.82) is 0 Å². The van der Waals surface area contributed by atoms with Gasteiger partial charge in [-0.25, -0.2) is 0 Å². The maximum Gasteiger partial charge on any atom is 0.244 e. The molecule has 2 aromatic heterocycles. The van der Waals surface area contributed by atoms with Crippen LogP contribution in [0.3, 0.4) is 0 Å². The summed E-state index contributed by atoms with van der Waals surface area (Å²) in [5.41, 5.74) is 5.14. The number of hydrogen-bond donors (Lipinski definition) is 1. The van der Waals surface area contributed by atoms with E-state index < -0.39 is 0 Å². The van der Waals surface area contributed by atoms with Gasteiger partial charge in [-0.05, 0) is 42.2 Å². The van der Waals surface area contributed by atoms with E-state index in [4.69, 9.17) is 5.10 Å². The van der Waals surface area contributed by atoms with E-state index in [1.807, 2.05) is 53.4 Å². The van der Waals surface area contributed by atoms with E-state index in [9.17, 15) is 4.79 Å². The molecule has 0 spiro atoms. The van der Waals surface area contributed by atoms with Crippen LogP contribution in [0.15, 0.2) is 97.5 Å². The molecule has 1 amide bonds. The molecule has 0 bridgehead atoms. The summed E-state index contributed by atoms with van der Waals surface area (Å²) in [4.78, 5) is 19.4. The molecule has 0 saturated carbocycles. The summed E-state index contributed by atoms with van der Waals surface area (Å²) in [7, 11) is 0. The molecule has 1 aliphatic heterocycles. The minimum atomic E-state index is -0.0653. The van der Waals surface area contributed by atoms with Gasteiger partial charge in [0, 0.05) is 61.5 Å². The number of carbonyl (C=O) groups excluding carboxylic acids is 1. The second-order valence-corrected chi connectivity index (χ2v) is 9.24. The highest BCUT2D eigenvalue weighted by atomic mass is 16.1. The van der Waals surface area contributed by atoms with E-state index in [0.717, 1.165) is 49.3 Å². The van der Waals surface area contributed by atoms with Gasteiger partial charge >= 0.3 is 0 Å². The van der Waals surface area contributed by atoms with Crippen LogP contribution in [0.1, 0.15) is 29.5 Å². The quantitative estimate of drug-likeness (QED) is 0.371. The zero-order valence-electron chi connectivity index (χ0n) is 20.3. The van der Waals surface area contributed by atoms with Crippen LogP contribution in [0, 0.1) is 0 Å². The van der Waals surface area contributed by atoms with Crippen LogP contribution in [-0.2, 0) is 17.9 Å². The highest BCUT2D eigenvalue weighted by Gasteiger charge is 2.20. The molecule has 0 unspecified atom stereocenters. The van der Waals surface area contributed by atoms with Crippen molar-refractivity contribution in [2.24, 2.45) is 0 Å². The lowest BCUT2D eigenvalue weighted by molar-refractivity contribution is -0.117. The van der Waals surface area contributed by atoms with E-state index in [-0.39, 0.29) is 11.9 Å². The molecule has 3 heterocycles. The summed E-state index contributed by atoms with van der Waals surface area (Å²) in [6, 6.07) is 24.9. The normalized spacial score (nSPS) is 14.8. The first-order valence-corrected chi connectivity index (χ1v) is 12.5. The number of nitrogens with zero attached hydrogens (tertiary/aromatic N) is 4. The molecule has 1 N–H and O–H groups in total. The number of likely N-dealkylation sites (tertiary alicyclic amines) is 1. The van der Waals surface area contributed by atoms with E-state index in [1.54, 1.807) is 18.5 Å². The van der Waals surface area contributed by atoms with Gasteiger partial charge in [0.15, 0.2) is 0 Å². The van der Waals surface area contributed by atoms with Crippen LogP contribution >= 0.6 is 0 Å². The molecule has 0 atom stereocenters. The Morgan fingerprint density at radius 3 is 2.28 bits per heavy atom. The fourth-order valence-electron chi connectivity index (χ4n) is 4.63. The summed E-state index contributed by atoms with van der Waals surface area (Å²) in [6.45, 7) is 3.60. The Balaban J connectivity index is 1.21. The average molecular weight is 478 g/mol. The van der Waals surface area contributed by atoms with E-state index in [2.05, 4.69) is 51.6 Å². The molecule has 182 valence electrons. The van der Waals surface area contributed by atoms with Crippen molar-refractivity contribution >= 4 is 12.0 Å². The molecular formula is C30H31N5O. The Morgan fingerprint density at radius 2 is 1.61 bits per heavy atom. The Morgan fingerprint density at radius 1 is 0.917 bits per heavy atom. The van der Waals surface area contributed by atoms with Gasteiger partial charge in [-0.15, -0.1) is 0 Å². The third kappa shape index (κ3) is 6.34. The lowest BCUT2D eigenvalue weighted by Crippen LogP contribution is -2.43. The van der Waals surface area contributed by atoms with Crippen LogP contribution < -0.4 is 5.32 Å². The minimum Gasteiger partial charge on any atom is -0.350 e. The largest absolute Gasteiger partial charge is 0.350 e. The standard InChI is InChI=1S/C30H31N5O/c36-29(32-28-15-18-34(19-16-28)21-24-8-3-1-4-9-24)14-13-27-23-35(22-25-10-5-2-6-11-25)33-30(27)26-12-7-17-31-20-26/h1-14,17,20,23,28H,15-16,18-19,21-22H2,(H,32,36)/b14-13+. The van der Waals surface area contributed by atoms with E-state index >= 15 is 0 Å². The number of amides is 1. The molecular weight excluding hydrogens is 446 g/mol. The second-order valence-electron chi connectivity index (χ2n) is 9.24. The number of piperidine rings is 1. The van der Waals surface area contributed by atoms with Gasteiger partial charge in [-0.1, -0.05) is 60.7 Å². The van der Waals surface area contributed by atoms with Gasteiger partial charge in [0.1, 0.15) is 5.69 Å². The van der Waals surface area contributed by atoms with E-state index in [0.29, 0.717) is 6.54 Å². The highest BCUT2D eigenvalue weighted by Crippen LogP contribution is 2.23. The lowest BCUT2D eigenvalue weighted by Gasteiger charge is -2.32. The Labute approximate surface area is 212 Å². The predicted octanol–water partition coefficient (Wildman–Crippen LogP) is 4.79. The molecule has 5 rings (SSSR count). The molecule has 1 fully saturated rings. The fourth-order valence-corrected chi connectivity index (χ4v) is 4.63.